The van der Waals surface area contributed by atoms with E-state index >= 15 is 0 Å². The number of aromatic nitrogens is 4. The van der Waals surface area contributed by atoms with Gasteiger partial charge in [-0.2, -0.15) is 0 Å². The largest absolute Gasteiger partial charge is 0.394 e. The second-order valence-corrected chi connectivity index (χ2v) is 6.15. The van der Waals surface area contributed by atoms with Gasteiger partial charge in [0.25, 0.3) is 0 Å². The second-order valence-electron chi connectivity index (χ2n) is 6.15. The van der Waals surface area contributed by atoms with Gasteiger partial charge in [0.1, 0.15) is 36.5 Å². The normalized spacial score (nSPS) is 31.2. The third kappa shape index (κ3) is 2.46. The number of nitrogens with zero attached hydrogens (tertiary/aromatic N) is 4. The highest BCUT2D eigenvalue weighted by Gasteiger charge is 2.62. The maximum Gasteiger partial charge on any atom is 0.238 e. The molecular formula is C14H20N6O6. The Kier molecular flexibility index (Phi) is 4.64. The molecule has 12 nitrogen and oxygen atoms in total. The number of aliphatic hydroxyl groups is 4. The van der Waals surface area contributed by atoms with E-state index < -0.39 is 48.6 Å². The fraction of sp³-hybridized carbons (Fsp3) is 0.571. The Morgan fingerprint density at radius 3 is 2.69 bits per heavy atom. The van der Waals surface area contributed by atoms with E-state index in [9.17, 15) is 25.2 Å². The van der Waals surface area contributed by atoms with Crippen molar-refractivity contribution in [1.29, 1.82) is 0 Å². The third-order valence-electron chi connectivity index (χ3n) is 4.51. The van der Waals surface area contributed by atoms with E-state index in [1.54, 1.807) is 0 Å². The van der Waals surface area contributed by atoms with Gasteiger partial charge in [-0.1, -0.05) is 0 Å². The van der Waals surface area contributed by atoms with Gasteiger partial charge in [-0.15, -0.1) is 0 Å². The first-order chi connectivity index (χ1) is 12.3. The van der Waals surface area contributed by atoms with Gasteiger partial charge in [-0.05, 0) is 6.92 Å². The maximum absolute atomic E-state index is 13.1. The van der Waals surface area contributed by atoms with Crippen LogP contribution in [-0.4, -0.2) is 82.8 Å². The zero-order valence-corrected chi connectivity index (χ0v) is 13.8. The number of hydrogen-bond acceptors (Lipinski definition) is 11. The fourth-order valence-electron chi connectivity index (χ4n) is 3.03. The molecule has 26 heavy (non-hydrogen) atoms. The molecule has 0 bridgehead atoms. The number of fused-ring (bicyclic) bond motifs is 1. The van der Waals surface area contributed by atoms with Gasteiger partial charge in [0, 0.05) is 0 Å². The van der Waals surface area contributed by atoms with Crippen molar-refractivity contribution >= 4 is 22.8 Å². The van der Waals surface area contributed by atoms with Crippen LogP contribution in [0.1, 0.15) is 6.92 Å². The highest BCUT2D eigenvalue weighted by atomic mass is 16.6. The van der Waals surface area contributed by atoms with Crippen molar-refractivity contribution in [3.63, 3.8) is 0 Å². The number of imidazole rings is 1. The summed E-state index contributed by atoms with van der Waals surface area (Å²) in [5, 5.41) is 40.0. The first-order valence-electron chi connectivity index (χ1n) is 7.82. The van der Waals surface area contributed by atoms with Gasteiger partial charge in [0.15, 0.2) is 11.5 Å². The summed E-state index contributed by atoms with van der Waals surface area (Å²) in [6, 6.07) is -1.45. The SMILES string of the molecule is C[C@@H](O)[C@H](N)C(=O)[C@@]1(n2cnc3c(N)ncnc32)O[C@H](CO)[C@@H](O)[C@H]1O. The molecule has 3 rings (SSSR count). The number of Topliss-reactive ketones (excluding diaryl/α,β-unsaturated/α-hetero) is 1. The molecule has 8 N–H and O–H groups in total. The maximum atomic E-state index is 13.1. The molecule has 1 aliphatic rings. The van der Waals surface area contributed by atoms with Gasteiger partial charge >= 0.3 is 0 Å². The van der Waals surface area contributed by atoms with Crippen LogP contribution in [0.4, 0.5) is 5.82 Å². The van der Waals surface area contributed by atoms with E-state index in [2.05, 4.69) is 15.0 Å². The van der Waals surface area contributed by atoms with E-state index in [-0.39, 0.29) is 17.0 Å². The summed E-state index contributed by atoms with van der Waals surface area (Å²) in [5.41, 5.74) is 9.44. The van der Waals surface area contributed by atoms with Crippen LogP contribution in [0.25, 0.3) is 11.2 Å². The number of anilines is 1. The molecule has 1 fully saturated rings. The number of aliphatic hydroxyl groups excluding tert-OH is 4. The Balaban J connectivity index is 2.25. The van der Waals surface area contributed by atoms with E-state index in [0.717, 1.165) is 17.2 Å². The number of ether oxygens (including phenoxy) is 1. The van der Waals surface area contributed by atoms with E-state index in [4.69, 9.17) is 16.2 Å². The average molecular weight is 368 g/mol. The van der Waals surface area contributed by atoms with Crippen molar-refractivity contribution in [2.24, 2.45) is 5.73 Å². The monoisotopic (exact) mass is 368 g/mol. The van der Waals surface area contributed by atoms with Crippen LogP contribution >= 0.6 is 0 Å². The zero-order valence-electron chi connectivity index (χ0n) is 13.8. The number of ketones is 1. The number of carbonyl (C=O) groups is 1. The van der Waals surface area contributed by atoms with E-state index in [1.807, 2.05) is 0 Å². The third-order valence-corrected chi connectivity index (χ3v) is 4.51. The lowest BCUT2D eigenvalue weighted by atomic mass is 9.92. The topological polar surface area (TPSA) is 203 Å². The number of nitrogens with two attached hydrogens (primary N) is 2. The molecule has 1 saturated heterocycles. The van der Waals surface area contributed by atoms with Crippen molar-refractivity contribution in [2.45, 2.75) is 43.1 Å². The van der Waals surface area contributed by atoms with Gasteiger partial charge in [0.2, 0.25) is 11.5 Å². The molecule has 0 spiro atoms. The molecule has 1 aliphatic heterocycles. The number of nitrogen functional groups attached to an aromatic ring is 1. The molecule has 12 heteroatoms. The minimum Gasteiger partial charge on any atom is -0.394 e. The lowest BCUT2D eigenvalue weighted by molar-refractivity contribution is -0.177. The second kappa shape index (κ2) is 6.50. The molecule has 0 saturated carbocycles. The van der Waals surface area contributed by atoms with Crippen molar-refractivity contribution in [1.82, 2.24) is 19.5 Å². The predicted molar refractivity (Wildman–Crippen MR) is 86.3 cm³/mol. The van der Waals surface area contributed by atoms with Gasteiger partial charge in [0.05, 0.1) is 18.8 Å². The van der Waals surface area contributed by atoms with Crippen LogP contribution in [0, 0.1) is 0 Å². The van der Waals surface area contributed by atoms with Crippen LogP contribution < -0.4 is 11.5 Å². The van der Waals surface area contributed by atoms with Gasteiger partial charge in [-0.3, -0.25) is 9.36 Å². The van der Waals surface area contributed by atoms with Gasteiger partial charge < -0.3 is 36.6 Å². The Labute approximate surface area is 147 Å². The van der Waals surface area contributed by atoms with Crippen LogP contribution in [0.5, 0.6) is 0 Å². The van der Waals surface area contributed by atoms with Crippen LogP contribution in [0.2, 0.25) is 0 Å². The summed E-state index contributed by atoms with van der Waals surface area (Å²) in [6.07, 6.45) is -3.68. The summed E-state index contributed by atoms with van der Waals surface area (Å²) >= 11 is 0. The Morgan fingerprint density at radius 2 is 2.12 bits per heavy atom. The fourth-order valence-corrected chi connectivity index (χ4v) is 3.03. The Morgan fingerprint density at radius 1 is 1.42 bits per heavy atom. The number of hydrogen-bond donors (Lipinski definition) is 6. The lowest BCUT2D eigenvalue weighted by Gasteiger charge is -2.34. The van der Waals surface area contributed by atoms with Crippen molar-refractivity contribution in [3.8, 4) is 0 Å². The van der Waals surface area contributed by atoms with Crippen molar-refractivity contribution < 1.29 is 30.0 Å². The van der Waals surface area contributed by atoms with Gasteiger partial charge in [-0.25, -0.2) is 15.0 Å². The van der Waals surface area contributed by atoms with Crippen LogP contribution in [0.3, 0.4) is 0 Å². The Hall–Kier alpha value is -2.22. The lowest BCUT2D eigenvalue weighted by Crippen LogP contribution is -2.59. The highest BCUT2D eigenvalue weighted by molar-refractivity contribution is 5.93. The summed E-state index contributed by atoms with van der Waals surface area (Å²) in [4.78, 5) is 24.9. The molecule has 2 aromatic heterocycles. The number of rotatable bonds is 5. The molecule has 0 radical (unpaired) electrons. The minimum atomic E-state index is -2.27. The summed E-state index contributed by atoms with van der Waals surface area (Å²) in [6.45, 7) is 0.630. The minimum absolute atomic E-state index is 0.0305. The zero-order chi connectivity index (χ0) is 19.2. The highest BCUT2D eigenvalue weighted by Crippen LogP contribution is 2.39. The van der Waals surface area contributed by atoms with Crippen molar-refractivity contribution in [2.75, 3.05) is 12.3 Å². The summed E-state index contributed by atoms with van der Waals surface area (Å²) < 4.78 is 6.66. The molecule has 0 unspecified atom stereocenters. The molecule has 2 aromatic rings. The number of carbonyl (C=O) groups excluding carboxylic acids is 1. The molecule has 0 amide bonds. The summed E-state index contributed by atoms with van der Waals surface area (Å²) in [7, 11) is 0. The molecule has 0 aliphatic carbocycles. The van der Waals surface area contributed by atoms with Crippen molar-refractivity contribution in [3.05, 3.63) is 12.7 Å². The quantitative estimate of drug-likeness (QED) is 0.305. The first-order valence-corrected chi connectivity index (χ1v) is 7.82. The van der Waals surface area contributed by atoms with E-state index in [0.29, 0.717) is 0 Å². The molecule has 142 valence electrons. The summed E-state index contributed by atoms with van der Waals surface area (Å²) in [5.74, 6) is -0.894. The van der Waals surface area contributed by atoms with Crippen LogP contribution in [-0.2, 0) is 15.3 Å². The van der Waals surface area contributed by atoms with Crippen LogP contribution in [0.15, 0.2) is 12.7 Å². The smallest absolute Gasteiger partial charge is 0.238 e. The molecule has 0 aromatic carbocycles. The van der Waals surface area contributed by atoms with E-state index in [1.165, 1.54) is 6.92 Å². The molecule has 6 atom stereocenters. The Bertz CT molecular complexity index is 827. The average Bonchev–Trinajstić information content (AvgIpc) is 3.16. The predicted octanol–water partition coefficient (Wildman–Crippen LogP) is -3.55. The standard InChI is InChI=1S/C14H20N6O6/c1-5(22)7(15)10(24)14(11(25)9(23)6(2-21)26-14)20-4-19-8-12(16)17-3-18-13(8)20/h3-7,9,11,21-23,25H,2,15H2,1H3,(H2,16,17,18)/t5-,6-,7+,9-,11-,14-/m1/s1. The molecule has 3 heterocycles. The molecular weight excluding hydrogens is 348 g/mol. The first kappa shape index (κ1) is 18.6.